The molecule has 0 aliphatic carbocycles. The molecule has 1 aliphatic heterocycles. The lowest BCUT2D eigenvalue weighted by atomic mass is 10.5. The van der Waals surface area contributed by atoms with Gasteiger partial charge in [-0.05, 0) is 0 Å². The summed E-state index contributed by atoms with van der Waals surface area (Å²) in [6, 6.07) is 0. The average molecular weight is 197 g/mol. The van der Waals surface area contributed by atoms with Crippen LogP contribution in [0.4, 0.5) is 0 Å². The van der Waals surface area contributed by atoms with Crippen molar-refractivity contribution in [2.24, 2.45) is 7.05 Å². The molecule has 6 nitrogen and oxygen atoms in total. The lowest BCUT2D eigenvalue weighted by molar-refractivity contribution is 0.00996. The number of aromatic nitrogens is 3. The SMILES string of the molecule is Cn1cnnc1CNN1CCOCC1. The lowest BCUT2D eigenvalue weighted by Crippen LogP contribution is -2.45. The van der Waals surface area contributed by atoms with Crippen molar-refractivity contribution in [2.75, 3.05) is 26.3 Å². The van der Waals surface area contributed by atoms with E-state index in [1.165, 1.54) is 0 Å². The number of hydrogen-bond donors (Lipinski definition) is 1. The fraction of sp³-hybridized carbons (Fsp3) is 0.750. The highest BCUT2D eigenvalue weighted by Crippen LogP contribution is 1.95. The molecule has 1 aliphatic rings. The third kappa shape index (κ3) is 2.28. The van der Waals surface area contributed by atoms with Crippen LogP contribution in [0, 0.1) is 0 Å². The van der Waals surface area contributed by atoms with E-state index in [0.29, 0.717) is 0 Å². The fourth-order valence-electron chi connectivity index (χ4n) is 1.37. The first-order chi connectivity index (χ1) is 6.86. The minimum Gasteiger partial charge on any atom is -0.379 e. The van der Waals surface area contributed by atoms with Gasteiger partial charge in [0.1, 0.15) is 12.2 Å². The number of nitrogens with one attached hydrogen (secondary N) is 1. The Morgan fingerprint density at radius 3 is 2.93 bits per heavy atom. The largest absolute Gasteiger partial charge is 0.379 e. The molecule has 0 spiro atoms. The Kier molecular flexibility index (Phi) is 3.07. The van der Waals surface area contributed by atoms with Crippen molar-refractivity contribution < 1.29 is 4.74 Å². The summed E-state index contributed by atoms with van der Waals surface area (Å²) in [6.45, 7) is 4.17. The molecule has 1 N–H and O–H groups in total. The van der Waals surface area contributed by atoms with Crippen LogP contribution in [0.1, 0.15) is 5.82 Å². The van der Waals surface area contributed by atoms with E-state index in [1.54, 1.807) is 6.33 Å². The van der Waals surface area contributed by atoms with E-state index in [4.69, 9.17) is 4.74 Å². The Labute approximate surface area is 82.8 Å². The van der Waals surface area contributed by atoms with Crippen molar-refractivity contribution in [1.29, 1.82) is 0 Å². The molecule has 1 fully saturated rings. The fourth-order valence-corrected chi connectivity index (χ4v) is 1.37. The number of hydrazine groups is 1. The molecule has 0 amide bonds. The van der Waals surface area contributed by atoms with E-state index in [2.05, 4.69) is 20.6 Å². The van der Waals surface area contributed by atoms with Gasteiger partial charge in [0.15, 0.2) is 0 Å². The van der Waals surface area contributed by atoms with Crippen molar-refractivity contribution in [3.8, 4) is 0 Å². The highest BCUT2D eigenvalue weighted by Gasteiger charge is 2.10. The van der Waals surface area contributed by atoms with E-state index in [0.717, 1.165) is 38.7 Å². The number of nitrogens with zero attached hydrogens (tertiary/aromatic N) is 4. The summed E-state index contributed by atoms with van der Waals surface area (Å²) in [6.07, 6.45) is 1.70. The summed E-state index contributed by atoms with van der Waals surface area (Å²) in [5.74, 6) is 0.941. The van der Waals surface area contributed by atoms with Gasteiger partial charge in [-0.15, -0.1) is 10.2 Å². The summed E-state index contributed by atoms with van der Waals surface area (Å²) in [7, 11) is 1.94. The van der Waals surface area contributed by atoms with Crippen molar-refractivity contribution in [2.45, 2.75) is 6.54 Å². The Morgan fingerprint density at radius 2 is 2.29 bits per heavy atom. The molecule has 0 bridgehead atoms. The van der Waals surface area contributed by atoms with Crippen LogP contribution in [0.3, 0.4) is 0 Å². The second kappa shape index (κ2) is 4.50. The van der Waals surface area contributed by atoms with Crippen LogP contribution in [0.25, 0.3) is 0 Å². The Hall–Kier alpha value is -0.980. The third-order valence-corrected chi connectivity index (χ3v) is 2.28. The minimum absolute atomic E-state index is 0.719. The number of ether oxygens (including phenoxy) is 1. The normalized spacial score (nSPS) is 18.6. The molecule has 1 saturated heterocycles. The molecule has 2 rings (SSSR count). The third-order valence-electron chi connectivity index (χ3n) is 2.28. The van der Waals surface area contributed by atoms with Crippen LogP contribution in [0.2, 0.25) is 0 Å². The van der Waals surface area contributed by atoms with Crippen LogP contribution in [-0.2, 0) is 18.3 Å². The van der Waals surface area contributed by atoms with Gasteiger partial charge in [0, 0.05) is 20.1 Å². The highest BCUT2D eigenvalue weighted by atomic mass is 16.5. The minimum atomic E-state index is 0.719. The van der Waals surface area contributed by atoms with Gasteiger partial charge in [0.2, 0.25) is 0 Å². The maximum atomic E-state index is 5.25. The van der Waals surface area contributed by atoms with E-state index in [9.17, 15) is 0 Å². The van der Waals surface area contributed by atoms with E-state index in [1.807, 2.05) is 11.6 Å². The smallest absolute Gasteiger partial charge is 0.147 e. The zero-order valence-corrected chi connectivity index (χ0v) is 8.31. The van der Waals surface area contributed by atoms with Gasteiger partial charge in [0.25, 0.3) is 0 Å². The molecule has 0 radical (unpaired) electrons. The topological polar surface area (TPSA) is 55.2 Å². The van der Waals surface area contributed by atoms with E-state index >= 15 is 0 Å². The second-order valence-corrected chi connectivity index (χ2v) is 3.29. The highest BCUT2D eigenvalue weighted by molar-refractivity contribution is 4.82. The zero-order chi connectivity index (χ0) is 9.80. The first-order valence-corrected chi connectivity index (χ1v) is 4.75. The van der Waals surface area contributed by atoms with Gasteiger partial charge in [0.05, 0.1) is 19.8 Å². The summed E-state index contributed by atoms with van der Waals surface area (Å²) >= 11 is 0. The lowest BCUT2D eigenvalue weighted by Gasteiger charge is -2.26. The molecular formula is C8H15N5O. The van der Waals surface area contributed by atoms with Crippen molar-refractivity contribution in [3.05, 3.63) is 12.2 Å². The van der Waals surface area contributed by atoms with Crippen molar-refractivity contribution in [1.82, 2.24) is 25.2 Å². The summed E-state index contributed by atoms with van der Waals surface area (Å²) < 4.78 is 7.16. The molecule has 0 atom stereocenters. The summed E-state index contributed by atoms with van der Waals surface area (Å²) in [5.41, 5.74) is 3.29. The Balaban J connectivity index is 1.79. The molecule has 0 aromatic carbocycles. The van der Waals surface area contributed by atoms with Gasteiger partial charge in [-0.3, -0.25) is 0 Å². The van der Waals surface area contributed by atoms with Gasteiger partial charge >= 0.3 is 0 Å². The predicted octanol–water partition coefficient (Wildman–Crippen LogP) is -0.848. The maximum absolute atomic E-state index is 5.25. The second-order valence-electron chi connectivity index (χ2n) is 3.29. The average Bonchev–Trinajstić information content (AvgIpc) is 2.63. The Bertz CT molecular complexity index is 281. The quantitative estimate of drug-likeness (QED) is 0.684. The van der Waals surface area contributed by atoms with Gasteiger partial charge < -0.3 is 9.30 Å². The van der Waals surface area contributed by atoms with E-state index < -0.39 is 0 Å². The monoisotopic (exact) mass is 197 g/mol. The summed E-state index contributed by atoms with van der Waals surface area (Å²) in [5, 5.41) is 9.96. The molecule has 78 valence electrons. The molecule has 1 aromatic rings. The first kappa shape index (κ1) is 9.57. The van der Waals surface area contributed by atoms with Gasteiger partial charge in [-0.2, -0.15) is 0 Å². The number of morpholine rings is 1. The molecule has 1 aromatic heterocycles. The Morgan fingerprint density at radius 1 is 1.50 bits per heavy atom. The number of rotatable bonds is 3. The van der Waals surface area contributed by atoms with Crippen LogP contribution < -0.4 is 5.43 Å². The summed E-state index contributed by atoms with van der Waals surface area (Å²) in [4.78, 5) is 0. The first-order valence-electron chi connectivity index (χ1n) is 4.75. The van der Waals surface area contributed by atoms with E-state index in [-0.39, 0.29) is 0 Å². The zero-order valence-electron chi connectivity index (χ0n) is 8.31. The van der Waals surface area contributed by atoms with Crippen molar-refractivity contribution in [3.63, 3.8) is 0 Å². The molecule has 0 saturated carbocycles. The van der Waals surface area contributed by atoms with Crippen LogP contribution in [-0.4, -0.2) is 46.1 Å². The molecule has 0 unspecified atom stereocenters. The van der Waals surface area contributed by atoms with Crippen LogP contribution >= 0.6 is 0 Å². The number of aryl methyl sites for hydroxylation is 1. The van der Waals surface area contributed by atoms with Gasteiger partial charge in [-0.25, -0.2) is 10.4 Å². The molecule has 14 heavy (non-hydrogen) atoms. The molecule has 2 heterocycles. The molecule has 6 heteroatoms. The molecular weight excluding hydrogens is 182 g/mol. The van der Waals surface area contributed by atoms with Crippen LogP contribution in [0.15, 0.2) is 6.33 Å². The number of hydrogen-bond acceptors (Lipinski definition) is 5. The standard InChI is InChI=1S/C8H15N5O/c1-12-7-9-11-8(12)6-10-13-2-4-14-5-3-13/h7,10H,2-6H2,1H3. The van der Waals surface area contributed by atoms with Crippen molar-refractivity contribution >= 4 is 0 Å². The maximum Gasteiger partial charge on any atom is 0.147 e. The predicted molar refractivity (Wildman–Crippen MR) is 50.2 cm³/mol. The van der Waals surface area contributed by atoms with Gasteiger partial charge in [-0.1, -0.05) is 0 Å². The van der Waals surface area contributed by atoms with Crippen LogP contribution in [0.5, 0.6) is 0 Å².